The van der Waals surface area contributed by atoms with Gasteiger partial charge in [-0.1, -0.05) is 13.8 Å². The topological polar surface area (TPSA) is 68.0 Å². The van der Waals surface area contributed by atoms with Crippen LogP contribution in [0.25, 0.3) is 0 Å². The van der Waals surface area contributed by atoms with E-state index in [1.807, 2.05) is 0 Å². The van der Waals surface area contributed by atoms with E-state index in [4.69, 9.17) is 5.73 Å². The zero-order valence-corrected chi connectivity index (χ0v) is 12.0. The van der Waals surface area contributed by atoms with Crippen molar-refractivity contribution in [3.63, 3.8) is 0 Å². The van der Waals surface area contributed by atoms with Crippen molar-refractivity contribution in [2.75, 3.05) is 18.5 Å². The van der Waals surface area contributed by atoms with E-state index in [0.29, 0.717) is 17.9 Å². The van der Waals surface area contributed by atoms with Crippen molar-refractivity contribution in [3.05, 3.63) is 24.0 Å². The first-order valence-corrected chi connectivity index (χ1v) is 7.34. The highest BCUT2D eigenvalue weighted by Gasteiger charge is 2.25. The highest BCUT2D eigenvalue weighted by Crippen LogP contribution is 2.29. The molecule has 0 aliphatic rings. The largest absolute Gasteiger partial charge is 0.397 e. The van der Waals surface area contributed by atoms with Gasteiger partial charge in [0.2, 0.25) is 0 Å². The van der Waals surface area contributed by atoms with Crippen LogP contribution < -0.4 is 11.1 Å². The summed E-state index contributed by atoms with van der Waals surface area (Å²) in [4.78, 5) is 15.9. The fourth-order valence-corrected chi connectivity index (χ4v) is 2.53. The number of pyridine rings is 1. The van der Waals surface area contributed by atoms with Crippen LogP contribution in [-0.4, -0.2) is 28.4 Å². The fourth-order valence-electron chi connectivity index (χ4n) is 1.73. The van der Waals surface area contributed by atoms with Crippen molar-refractivity contribution in [3.8, 4) is 0 Å². The van der Waals surface area contributed by atoms with E-state index in [2.05, 4.69) is 30.4 Å². The molecule has 100 valence electrons. The SMILES string of the molecule is CCC(CC)(CNC(=O)c1ccc(N)cn1)SC. The van der Waals surface area contributed by atoms with Crippen molar-refractivity contribution in [1.29, 1.82) is 0 Å². The number of thioether (sulfide) groups is 1. The van der Waals surface area contributed by atoms with Gasteiger partial charge in [0.1, 0.15) is 5.69 Å². The van der Waals surface area contributed by atoms with Crippen LogP contribution in [0.5, 0.6) is 0 Å². The smallest absolute Gasteiger partial charge is 0.269 e. The van der Waals surface area contributed by atoms with Gasteiger partial charge in [-0.2, -0.15) is 11.8 Å². The minimum atomic E-state index is -0.143. The number of nitrogen functional groups attached to an aromatic ring is 1. The second-order valence-electron chi connectivity index (χ2n) is 4.25. The van der Waals surface area contributed by atoms with E-state index in [1.54, 1.807) is 23.9 Å². The number of carbonyl (C=O) groups is 1. The molecule has 1 amide bonds. The molecule has 0 bridgehead atoms. The number of nitrogens with two attached hydrogens (primary N) is 1. The van der Waals surface area contributed by atoms with Gasteiger partial charge in [-0.05, 0) is 31.2 Å². The molecule has 0 unspecified atom stereocenters. The Morgan fingerprint density at radius 1 is 1.44 bits per heavy atom. The summed E-state index contributed by atoms with van der Waals surface area (Å²) in [6.45, 7) is 4.95. The lowest BCUT2D eigenvalue weighted by atomic mass is 10.0. The summed E-state index contributed by atoms with van der Waals surface area (Å²) < 4.78 is 0.115. The summed E-state index contributed by atoms with van der Waals surface area (Å²) in [5.41, 5.74) is 6.51. The number of rotatable bonds is 6. The second-order valence-corrected chi connectivity index (χ2v) is 5.53. The maximum Gasteiger partial charge on any atom is 0.269 e. The van der Waals surface area contributed by atoms with Crippen LogP contribution in [0.2, 0.25) is 0 Å². The first-order valence-electron chi connectivity index (χ1n) is 6.11. The molecule has 0 aliphatic heterocycles. The average molecular weight is 267 g/mol. The van der Waals surface area contributed by atoms with Crippen LogP contribution in [-0.2, 0) is 0 Å². The molecule has 0 spiro atoms. The molecule has 1 heterocycles. The van der Waals surface area contributed by atoms with Gasteiger partial charge in [0.25, 0.3) is 5.91 Å². The molecule has 1 aromatic heterocycles. The molecule has 1 aromatic rings. The van der Waals surface area contributed by atoms with Gasteiger partial charge in [-0.15, -0.1) is 0 Å². The molecule has 3 N–H and O–H groups in total. The fraction of sp³-hybridized carbons (Fsp3) is 0.538. The van der Waals surface area contributed by atoms with Crippen LogP contribution in [0.1, 0.15) is 37.2 Å². The highest BCUT2D eigenvalue weighted by atomic mass is 32.2. The highest BCUT2D eigenvalue weighted by molar-refractivity contribution is 8.00. The van der Waals surface area contributed by atoms with E-state index in [-0.39, 0.29) is 10.7 Å². The summed E-state index contributed by atoms with van der Waals surface area (Å²) in [5.74, 6) is -0.143. The van der Waals surface area contributed by atoms with Crippen molar-refractivity contribution in [2.45, 2.75) is 31.4 Å². The van der Waals surface area contributed by atoms with Gasteiger partial charge in [0.15, 0.2) is 0 Å². The number of anilines is 1. The van der Waals surface area contributed by atoms with Crippen LogP contribution in [0.3, 0.4) is 0 Å². The predicted molar refractivity (Wildman–Crippen MR) is 77.8 cm³/mol. The average Bonchev–Trinajstić information content (AvgIpc) is 2.41. The van der Waals surface area contributed by atoms with Gasteiger partial charge in [0.05, 0.1) is 11.9 Å². The number of hydrogen-bond donors (Lipinski definition) is 2. The van der Waals surface area contributed by atoms with Gasteiger partial charge in [-0.25, -0.2) is 4.98 Å². The number of nitrogens with zero attached hydrogens (tertiary/aromatic N) is 1. The molecule has 18 heavy (non-hydrogen) atoms. The summed E-state index contributed by atoms with van der Waals surface area (Å²) in [6.07, 6.45) is 5.64. The molecule has 0 aliphatic carbocycles. The maximum atomic E-state index is 11.9. The lowest BCUT2D eigenvalue weighted by Gasteiger charge is -2.29. The van der Waals surface area contributed by atoms with Crippen LogP contribution in [0, 0.1) is 0 Å². The number of nitrogens with one attached hydrogen (secondary N) is 1. The lowest BCUT2D eigenvalue weighted by molar-refractivity contribution is 0.0944. The van der Waals surface area contributed by atoms with Gasteiger partial charge < -0.3 is 11.1 Å². The summed E-state index contributed by atoms with van der Waals surface area (Å²) in [6, 6.07) is 3.33. The molecule has 0 atom stereocenters. The molecule has 5 heteroatoms. The Morgan fingerprint density at radius 3 is 2.56 bits per heavy atom. The first kappa shape index (κ1) is 14.8. The molecule has 1 rings (SSSR count). The van der Waals surface area contributed by atoms with E-state index in [1.165, 1.54) is 6.20 Å². The van der Waals surface area contributed by atoms with E-state index >= 15 is 0 Å². The minimum Gasteiger partial charge on any atom is -0.397 e. The Balaban J connectivity index is 2.63. The van der Waals surface area contributed by atoms with Gasteiger partial charge in [0, 0.05) is 11.3 Å². The number of aromatic nitrogens is 1. The number of amides is 1. The molecular formula is C13H21N3OS. The summed E-state index contributed by atoms with van der Waals surface area (Å²) >= 11 is 1.80. The Hall–Kier alpha value is -1.23. The maximum absolute atomic E-state index is 11.9. The van der Waals surface area contributed by atoms with Crippen molar-refractivity contribution in [1.82, 2.24) is 10.3 Å². The van der Waals surface area contributed by atoms with Crippen LogP contribution >= 0.6 is 11.8 Å². The molecule has 0 saturated heterocycles. The Bertz CT molecular complexity index is 379. The number of carbonyl (C=O) groups excluding carboxylic acids is 1. The zero-order valence-electron chi connectivity index (χ0n) is 11.2. The van der Waals surface area contributed by atoms with Crippen LogP contribution in [0.4, 0.5) is 5.69 Å². The molecule has 0 fully saturated rings. The van der Waals surface area contributed by atoms with Crippen molar-refractivity contribution >= 4 is 23.4 Å². The Labute approximate surface area is 113 Å². The van der Waals surface area contributed by atoms with Crippen molar-refractivity contribution < 1.29 is 4.79 Å². The second kappa shape index (κ2) is 6.64. The lowest BCUT2D eigenvalue weighted by Crippen LogP contribution is -2.39. The van der Waals surface area contributed by atoms with Crippen molar-refractivity contribution in [2.24, 2.45) is 0 Å². The standard InChI is InChI=1S/C13H21N3OS/c1-4-13(5-2,18-3)9-16-12(17)11-7-6-10(14)8-15-11/h6-8H,4-5,9,14H2,1-3H3,(H,16,17). The zero-order chi connectivity index (χ0) is 13.6. The monoisotopic (exact) mass is 267 g/mol. The van der Waals surface area contributed by atoms with Gasteiger partial charge >= 0.3 is 0 Å². The van der Waals surface area contributed by atoms with E-state index < -0.39 is 0 Å². The normalized spacial score (nSPS) is 11.3. The van der Waals surface area contributed by atoms with E-state index in [9.17, 15) is 4.79 Å². The third kappa shape index (κ3) is 3.63. The molecule has 0 aromatic carbocycles. The minimum absolute atomic E-state index is 0.115. The Morgan fingerprint density at radius 2 is 2.11 bits per heavy atom. The molecular weight excluding hydrogens is 246 g/mol. The molecule has 4 nitrogen and oxygen atoms in total. The Kier molecular flexibility index (Phi) is 5.47. The summed E-state index contributed by atoms with van der Waals surface area (Å²) in [5, 5.41) is 2.95. The molecule has 0 radical (unpaired) electrons. The van der Waals surface area contributed by atoms with Gasteiger partial charge in [-0.3, -0.25) is 4.79 Å². The van der Waals surface area contributed by atoms with Crippen LogP contribution in [0.15, 0.2) is 18.3 Å². The quantitative estimate of drug-likeness (QED) is 0.830. The predicted octanol–water partition coefficient (Wildman–Crippen LogP) is 2.32. The first-order chi connectivity index (χ1) is 8.56. The molecule has 0 saturated carbocycles. The number of hydrogen-bond acceptors (Lipinski definition) is 4. The third-order valence-corrected chi connectivity index (χ3v) is 4.90. The van der Waals surface area contributed by atoms with E-state index in [0.717, 1.165) is 12.8 Å². The third-order valence-electron chi connectivity index (χ3n) is 3.31. The summed E-state index contributed by atoms with van der Waals surface area (Å²) in [7, 11) is 0.